The van der Waals surface area contributed by atoms with Crippen molar-refractivity contribution in [1.29, 1.82) is 0 Å². The van der Waals surface area contributed by atoms with Crippen LogP contribution in [-0.2, 0) is 4.74 Å². The average Bonchev–Trinajstić information content (AvgIpc) is 3.13. The van der Waals surface area contributed by atoms with Crippen LogP contribution in [0.1, 0.15) is 27.8 Å². The SMILES string of the molecule is CCOC(=O)c1cccc(NC(=O)c2cc(-c3ccc(Cl)cc3)n[nH]2)c1. The minimum absolute atomic E-state index is 0.289. The van der Waals surface area contributed by atoms with E-state index in [1.54, 1.807) is 49.4 Å². The fourth-order valence-corrected chi connectivity index (χ4v) is 2.47. The molecule has 0 saturated heterocycles. The summed E-state index contributed by atoms with van der Waals surface area (Å²) in [4.78, 5) is 24.2. The Balaban J connectivity index is 1.74. The number of esters is 1. The molecule has 26 heavy (non-hydrogen) atoms. The molecule has 0 radical (unpaired) electrons. The van der Waals surface area contributed by atoms with Crippen LogP contribution in [0.4, 0.5) is 5.69 Å². The van der Waals surface area contributed by atoms with Crippen molar-refractivity contribution >= 4 is 29.2 Å². The monoisotopic (exact) mass is 369 g/mol. The number of aromatic nitrogens is 2. The quantitative estimate of drug-likeness (QED) is 0.661. The molecular weight excluding hydrogens is 354 g/mol. The Hall–Kier alpha value is -3.12. The number of carbonyl (C=O) groups is 2. The largest absolute Gasteiger partial charge is 0.462 e. The first-order valence-corrected chi connectivity index (χ1v) is 8.34. The van der Waals surface area contributed by atoms with Crippen molar-refractivity contribution in [3.05, 3.63) is 70.9 Å². The number of carbonyl (C=O) groups excluding carboxylic acids is 2. The van der Waals surface area contributed by atoms with Gasteiger partial charge in [0, 0.05) is 16.3 Å². The number of nitrogens with zero attached hydrogens (tertiary/aromatic N) is 1. The summed E-state index contributed by atoms with van der Waals surface area (Å²) in [6.07, 6.45) is 0. The van der Waals surface area contributed by atoms with Crippen molar-refractivity contribution in [1.82, 2.24) is 10.2 Å². The molecule has 0 unspecified atom stereocenters. The summed E-state index contributed by atoms with van der Waals surface area (Å²) in [7, 11) is 0. The van der Waals surface area contributed by atoms with Crippen LogP contribution in [0.5, 0.6) is 0 Å². The Morgan fingerprint density at radius 3 is 2.65 bits per heavy atom. The van der Waals surface area contributed by atoms with E-state index in [-0.39, 0.29) is 12.5 Å². The first-order valence-electron chi connectivity index (χ1n) is 7.96. The molecule has 1 aromatic heterocycles. The number of aromatic amines is 1. The fraction of sp³-hybridized carbons (Fsp3) is 0.105. The van der Waals surface area contributed by atoms with Gasteiger partial charge in [0.15, 0.2) is 0 Å². The number of halogens is 1. The van der Waals surface area contributed by atoms with E-state index >= 15 is 0 Å². The van der Waals surface area contributed by atoms with Crippen LogP contribution < -0.4 is 5.32 Å². The standard InChI is InChI=1S/C19H16ClN3O3/c1-2-26-19(25)13-4-3-5-15(10-13)21-18(24)17-11-16(22-23-17)12-6-8-14(20)9-7-12/h3-11H,2H2,1H3,(H,21,24)(H,22,23). The molecule has 2 aromatic carbocycles. The van der Waals surface area contributed by atoms with E-state index in [9.17, 15) is 9.59 Å². The number of nitrogens with one attached hydrogen (secondary N) is 2. The molecule has 0 bridgehead atoms. The summed E-state index contributed by atoms with van der Waals surface area (Å²) in [5.74, 6) is -0.797. The van der Waals surface area contributed by atoms with E-state index in [1.165, 1.54) is 0 Å². The van der Waals surface area contributed by atoms with Crippen molar-refractivity contribution in [2.24, 2.45) is 0 Å². The molecule has 7 heteroatoms. The highest BCUT2D eigenvalue weighted by molar-refractivity contribution is 6.30. The predicted molar refractivity (Wildman–Crippen MR) is 99.4 cm³/mol. The molecule has 0 aliphatic rings. The van der Waals surface area contributed by atoms with Gasteiger partial charge in [0.25, 0.3) is 5.91 Å². The van der Waals surface area contributed by atoms with Gasteiger partial charge in [-0.1, -0.05) is 29.8 Å². The summed E-state index contributed by atoms with van der Waals surface area (Å²) in [5.41, 5.74) is 2.64. The van der Waals surface area contributed by atoms with Gasteiger partial charge in [-0.3, -0.25) is 9.89 Å². The first kappa shape index (κ1) is 17.7. The van der Waals surface area contributed by atoms with E-state index in [0.717, 1.165) is 5.56 Å². The lowest BCUT2D eigenvalue weighted by atomic mass is 10.1. The topological polar surface area (TPSA) is 84.1 Å². The Morgan fingerprint density at radius 1 is 1.15 bits per heavy atom. The second-order valence-corrected chi connectivity index (χ2v) is 5.87. The zero-order valence-corrected chi connectivity index (χ0v) is 14.7. The average molecular weight is 370 g/mol. The Labute approximate surface area is 155 Å². The van der Waals surface area contributed by atoms with Gasteiger partial charge >= 0.3 is 5.97 Å². The van der Waals surface area contributed by atoms with E-state index in [4.69, 9.17) is 16.3 Å². The molecular formula is C19H16ClN3O3. The van der Waals surface area contributed by atoms with Gasteiger partial charge in [-0.15, -0.1) is 0 Å². The number of hydrogen-bond donors (Lipinski definition) is 2. The lowest BCUT2D eigenvalue weighted by Crippen LogP contribution is -2.13. The zero-order valence-electron chi connectivity index (χ0n) is 14.0. The molecule has 0 fully saturated rings. The highest BCUT2D eigenvalue weighted by atomic mass is 35.5. The van der Waals surface area contributed by atoms with E-state index in [1.807, 2.05) is 12.1 Å². The Bertz CT molecular complexity index is 935. The lowest BCUT2D eigenvalue weighted by Gasteiger charge is -2.06. The molecule has 3 rings (SSSR count). The second kappa shape index (κ2) is 7.84. The van der Waals surface area contributed by atoms with Gasteiger partial charge in [0.2, 0.25) is 0 Å². The third kappa shape index (κ3) is 4.10. The van der Waals surface area contributed by atoms with Crippen molar-refractivity contribution in [2.45, 2.75) is 6.92 Å². The number of hydrogen-bond acceptors (Lipinski definition) is 4. The van der Waals surface area contributed by atoms with Crippen LogP contribution in [-0.4, -0.2) is 28.7 Å². The molecule has 132 valence electrons. The smallest absolute Gasteiger partial charge is 0.338 e. The van der Waals surface area contributed by atoms with Crippen molar-refractivity contribution in [3.63, 3.8) is 0 Å². The maximum atomic E-state index is 12.4. The third-order valence-electron chi connectivity index (χ3n) is 3.59. The maximum Gasteiger partial charge on any atom is 0.338 e. The molecule has 1 amide bonds. The molecule has 6 nitrogen and oxygen atoms in total. The van der Waals surface area contributed by atoms with Gasteiger partial charge in [-0.25, -0.2) is 4.79 Å². The van der Waals surface area contributed by atoms with Crippen LogP contribution in [0.25, 0.3) is 11.3 Å². The Morgan fingerprint density at radius 2 is 1.92 bits per heavy atom. The molecule has 0 aliphatic heterocycles. The normalized spacial score (nSPS) is 10.4. The lowest BCUT2D eigenvalue weighted by molar-refractivity contribution is 0.0526. The van der Waals surface area contributed by atoms with Gasteiger partial charge in [0.1, 0.15) is 5.69 Å². The summed E-state index contributed by atoms with van der Waals surface area (Å²) >= 11 is 5.87. The van der Waals surface area contributed by atoms with Crippen LogP contribution in [0, 0.1) is 0 Å². The number of anilines is 1. The summed E-state index contributed by atoms with van der Waals surface area (Å²) < 4.78 is 4.96. The molecule has 2 N–H and O–H groups in total. The number of benzene rings is 2. The van der Waals surface area contributed by atoms with Gasteiger partial charge in [0.05, 0.1) is 17.9 Å². The Kier molecular flexibility index (Phi) is 5.34. The van der Waals surface area contributed by atoms with Crippen LogP contribution in [0.3, 0.4) is 0 Å². The maximum absolute atomic E-state index is 12.4. The molecule has 0 saturated carbocycles. The molecule has 0 aliphatic carbocycles. The van der Waals surface area contributed by atoms with E-state index < -0.39 is 5.97 Å². The van der Waals surface area contributed by atoms with Crippen LogP contribution in [0.15, 0.2) is 54.6 Å². The minimum atomic E-state index is -0.435. The third-order valence-corrected chi connectivity index (χ3v) is 3.85. The van der Waals surface area contributed by atoms with Gasteiger partial charge < -0.3 is 10.1 Å². The van der Waals surface area contributed by atoms with Crippen LogP contribution in [0.2, 0.25) is 5.02 Å². The molecule has 3 aromatic rings. The van der Waals surface area contributed by atoms with Crippen molar-refractivity contribution in [3.8, 4) is 11.3 Å². The van der Waals surface area contributed by atoms with Crippen molar-refractivity contribution in [2.75, 3.05) is 11.9 Å². The highest BCUT2D eigenvalue weighted by Gasteiger charge is 2.13. The number of rotatable bonds is 5. The fourth-order valence-electron chi connectivity index (χ4n) is 2.34. The number of ether oxygens (including phenoxy) is 1. The second-order valence-electron chi connectivity index (χ2n) is 5.43. The van der Waals surface area contributed by atoms with Gasteiger partial charge in [-0.05, 0) is 43.3 Å². The van der Waals surface area contributed by atoms with E-state index in [0.29, 0.717) is 27.7 Å². The highest BCUT2D eigenvalue weighted by Crippen LogP contribution is 2.21. The number of amides is 1. The first-order chi connectivity index (χ1) is 12.6. The number of H-pyrrole nitrogens is 1. The summed E-state index contributed by atoms with van der Waals surface area (Å²) in [5, 5.41) is 10.2. The van der Waals surface area contributed by atoms with Crippen LogP contribution >= 0.6 is 11.6 Å². The molecule has 0 atom stereocenters. The summed E-state index contributed by atoms with van der Waals surface area (Å²) in [6.45, 7) is 2.02. The van der Waals surface area contributed by atoms with Crippen molar-refractivity contribution < 1.29 is 14.3 Å². The van der Waals surface area contributed by atoms with Gasteiger partial charge in [-0.2, -0.15) is 5.10 Å². The molecule has 0 spiro atoms. The predicted octanol–water partition coefficient (Wildman–Crippen LogP) is 4.16. The zero-order chi connectivity index (χ0) is 18.5. The minimum Gasteiger partial charge on any atom is -0.462 e. The van der Waals surface area contributed by atoms with E-state index in [2.05, 4.69) is 15.5 Å². The molecule has 1 heterocycles. The summed E-state index contributed by atoms with van der Waals surface area (Å²) in [6, 6.07) is 15.4.